The molecule has 0 spiro atoms. The van der Waals surface area contributed by atoms with Crippen molar-refractivity contribution in [3.05, 3.63) is 113 Å². The van der Waals surface area contributed by atoms with Crippen LogP contribution in [0.25, 0.3) is 11.1 Å². The van der Waals surface area contributed by atoms with Gasteiger partial charge in [-0.1, -0.05) is 77.5 Å². The fourth-order valence-corrected chi connectivity index (χ4v) is 7.17. The molecule has 1 aromatic carbocycles. The molecule has 7 nitrogen and oxygen atoms in total. The fraction of sp³-hybridized carbons (Fsp3) is 0.212. The number of ether oxygens (including phenoxy) is 1. The first-order valence-electron chi connectivity index (χ1n) is 13.7. The first-order chi connectivity index (χ1) is 20.5. The molecule has 3 aliphatic rings. The lowest BCUT2D eigenvalue weighted by Gasteiger charge is -2.24. The third kappa shape index (κ3) is 5.78. The fourth-order valence-electron chi connectivity index (χ4n) is 5.86. The van der Waals surface area contributed by atoms with E-state index in [0.717, 1.165) is 24.7 Å². The maximum atomic E-state index is 13.0. The van der Waals surface area contributed by atoms with Crippen LogP contribution >= 0.6 is 23.4 Å². The SMILES string of the molecule is O=Cc1cccnc1Sc1c(Cl)cc(-c2ccc([O-])nc2)cc1CNC(=O)OCC1C2=C(CCC=C2)C2C=CC=CC21. The van der Waals surface area contributed by atoms with Gasteiger partial charge < -0.3 is 15.2 Å². The Labute approximate surface area is 253 Å². The molecular formula is C33H27ClN3O4S-. The molecule has 1 amide bonds. The van der Waals surface area contributed by atoms with Gasteiger partial charge in [-0.3, -0.25) is 9.78 Å². The minimum atomic E-state index is -0.531. The summed E-state index contributed by atoms with van der Waals surface area (Å²) in [6, 6.07) is 10.1. The average molecular weight is 597 g/mol. The number of carbonyl (C=O) groups is 2. The minimum absolute atomic E-state index is 0.111. The Hall–Kier alpha value is -4.14. The molecule has 3 atom stereocenters. The van der Waals surface area contributed by atoms with Gasteiger partial charge in [-0.05, 0) is 65.6 Å². The molecule has 3 aliphatic carbocycles. The third-order valence-corrected chi connectivity index (χ3v) is 9.46. The van der Waals surface area contributed by atoms with Crippen LogP contribution in [0.15, 0.2) is 106 Å². The van der Waals surface area contributed by atoms with E-state index in [2.05, 4.69) is 51.7 Å². The van der Waals surface area contributed by atoms with Gasteiger partial charge >= 0.3 is 6.09 Å². The van der Waals surface area contributed by atoms with E-state index in [0.29, 0.717) is 37.6 Å². The normalized spacial score (nSPS) is 20.3. The Morgan fingerprint density at radius 2 is 2.05 bits per heavy atom. The van der Waals surface area contributed by atoms with Crippen molar-refractivity contribution in [3.63, 3.8) is 0 Å². The van der Waals surface area contributed by atoms with Crippen molar-refractivity contribution >= 4 is 35.7 Å². The number of fused-ring (bicyclic) bond motifs is 2. The van der Waals surface area contributed by atoms with Crippen molar-refractivity contribution < 1.29 is 19.4 Å². The number of nitrogens with one attached hydrogen (secondary N) is 1. The molecule has 9 heteroatoms. The summed E-state index contributed by atoms with van der Waals surface area (Å²) >= 11 is 8.02. The molecular weight excluding hydrogens is 570 g/mol. The van der Waals surface area contributed by atoms with Crippen LogP contribution in [0, 0.1) is 17.8 Å². The summed E-state index contributed by atoms with van der Waals surface area (Å²) < 4.78 is 5.78. The number of alkyl carbamates (subject to hydrolysis) is 1. The standard InChI is InChI=1S/C33H28ClN3O4S/c34-29-15-22(20-11-12-30(39)36-16-20)14-23(31(29)42-32-21(18-38)6-5-13-35-32)17-37-33(40)41-19-28-26-9-3-1-7-24(26)25-8-2-4-10-27(25)28/h1,3-7,9-16,18,24,26,28H,2,8,17,19H2,(H,36,39)(H,37,40)/p-1. The molecule has 2 aromatic heterocycles. The van der Waals surface area contributed by atoms with Gasteiger partial charge in [0.05, 0.1) is 5.02 Å². The molecule has 0 aliphatic heterocycles. The van der Waals surface area contributed by atoms with Gasteiger partial charge in [0.1, 0.15) is 11.6 Å². The van der Waals surface area contributed by atoms with Crippen LogP contribution in [-0.4, -0.2) is 29.0 Å². The average Bonchev–Trinajstić information content (AvgIpc) is 3.34. The number of aldehydes is 1. The lowest BCUT2D eigenvalue weighted by atomic mass is 9.82. The number of nitrogens with zero attached hydrogens (tertiary/aromatic N) is 2. The summed E-state index contributed by atoms with van der Waals surface area (Å²) in [5.41, 5.74) is 5.32. The zero-order valence-electron chi connectivity index (χ0n) is 22.5. The maximum absolute atomic E-state index is 13.0. The molecule has 6 rings (SSSR count). The van der Waals surface area contributed by atoms with E-state index in [1.165, 1.54) is 35.2 Å². The van der Waals surface area contributed by atoms with E-state index >= 15 is 0 Å². The van der Waals surface area contributed by atoms with Crippen LogP contribution in [0.3, 0.4) is 0 Å². The maximum Gasteiger partial charge on any atom is 0.407 e. The number of carbonyl (C=O) groups excluding carboxylic acids is 2. The largest absolute Gasteiger partial charge is 0.859 e. The second-order valence-corrected chi connectivity index (χ2v) is 11.7. The number of halogens is 1. The van der Waals surface area contributed by atoms with Gasteiger partial charge in [-0.25, -0.2) is 9.78 Å². The first kappa shape index (κ1) is 28.0. The number of hydrogen-bond donors (Lipinski definition) is 1. The van der Waals surface area contributed by atoms with Crippen LogP contribution in [0.1, 0.15) is 28.8 Å². The van der Waals surface area contributed by atoms with Gasteiger partial charge in [0.15, 0.2) is 6.29 Å². The smallest absolute Gasteiger partial charge is 0.407 e. The van der Waals surface area contributed by atoms with Crippen molar-refractivity contribution in [2.45, 2.75) is 29.3 Å². The highest BCUT2D eigenvalue weighted by Crippen LogP contribution is 2.48. The summed E-state index contributed by atoms with van der Waals surface area (Å²) in [7, 11) is 0. The zero-order valence-corrected chi connectivity index (χ0v) is 24.1. The van der Waals surface area contributed by atoms with E-state index in [1.807, 2.05) is 6.07 Å². The van der Waals surface area contributed by atoms with Crippen molar-refractivity contribution in [1.29, 1.82) is 0 Å². The summed E-state index contributed by atoms with van der Waals surface area (Å²) in [5.74, 6) is 0.426. The molecule has 1 N–H and O–H groups in total. The summed E-state index contributed by atoms with van der Waals surface area (Å²) in [6.07, 6.45) is 18.4. The van der Waals surface area contributed by atoms with Crippen LogP contribution in [0.2, 0.25) is 5.02 Å². The monoisotopic (exact) mass is 596 g/mol. The molecule has 3 aromatic rings. The van der Waals surface area contributed by atoms with Gasteiger partial charge in [-0.2, -0.15) is 0 Å². The van der Waals surface area contributed by atoms with Crippen molar-refractivity contribution in [2.24, 2.45) is 17.8 Å². The van der Waals surface area contributed by atoms with Crippen molar-refractivity contribution in [3.8, 4) is 17.0 Å². The summed E-state index contributed by atoms with van der Waals surface area (Å²) in [6.45, 7) is 0.402. The second-order valence-electron chi connectivity index (χ2n) is 10.3. The molecule has 0 saturated heterocycles. The number of benzene rings is 1. The van der Waals surface area contributed by atoms with E-state index in [1.54, 1.807) is 30.5 Å². The van der Waals surface area contributed by atoms with Crippen LogP contribution in [0.5, 0.6) is 5.88 Å². The quantitative estimate of drug-likeness (QED) is 0.289. The highest BCUT2D eigenvalue weighted by atomic mass is 35.5. The highest BCUT2D eigenvalue weighted by molar-refractivity contribution is 7.99. The number of amides is 1. The van der Waals surface area contributed by atoms with Gasteiger partial charge in [0, 0.05) is 46.8 Å². The molecule has 0 radical (unpaired) electrons. The highest BCUT2D eigenvalue weighted by Gasteiger charge is 2.40. The number of aromatic nitrogens is 2. The number of allylic oxidation sites excluding steroid dienone is 7. The Morgan fingerprint density at radius 1 is 1.17 bits per heavy atom. The molecule has 212 valence electrons. The minimum Gasteiger partial charge on any atom is -0.859 e. The summed E-state index contributed by atoms with van der Waals surface area (Å²) in [4.78, 5) is 33.5. The predicted octanol–water partition coefficient (Wildman–Crippen LogP) is 6.70. The number of pyridine rings is 2. The molecule has 0 saturated carbocycles. The van der Waals surface area contributed by atoms with Crippen LogP contribution in [-0.2, 0) is 11.3 Å². The lowest BCUT2D eigenvalue weighted by Crippen LogP contribution is -2.28. The third-order valence-electron chi connectivity index (χ3n) is 7.83. The van der Waals surface area contributed by atoms with E-state index < -0.39 is 6.09 Å². The van der Waals surface area contributed by atoms with E-state index in [4.69, 9.17) is 16.3 Å². The molecule has 0 bridgehead atoms. The molecule has 3 unspecified atom stereocenters. The topological polar surface area (TPSA) is 104 Å². The molecule has 2 heterocycles. The Kier molecular flexibility index (Phi) is 8.26. The van der Waals surface area contributed by atoms with Gasteiger partial charge in [0.25, 0.3) is 0 Å². The zero-order chi connectivity index (χ0) is 29.1. The van der Waals surface area contributed by atoms with Crippen LogP contribution < -0.4 is 10.4 Å². The van der Waals surface area contributed by atoms with Crippen molar-refractivity contribution in [2.75, 3.05) is 6.61 Å². The lowest BCUT2D eigenvalue weighted by molar-refractivity contribution is -0.274. The van der Waals surface area contributed by atoms with E-state index in [-0.39, 0.29) is 30.9 Å². The van der Waals surface area contributed by atoms with Gasteiger partial charge in [-0.15, -0.1) is 0 Å². The van der Waals surface area contributed by atoms with Gasteiger partial charge in [0.2, 0.25) is 0 Å². The Morgan fingerprint density at radius 3 is 2.88 bits per heavy atom. The number of rotatable bonds is 8. The van der Waals surface area contributed by atoms with Crippen molar-refractivity contribution in [1.82, 2.24) is 15.3 Å². The Balaban J connectivity index is 1.21. The van der Waals surface area contributed by atoms with E-state index in [9.17, 15) is 14.7 Å². The first-order valence-corrected chi connectivity index (χ1v) is 14.9. The van der Waals surface area contributed by atoms with Crippen LogP contribution in [0.4, 0.5) is 4.79 Å². The number of hydrogen-bond acceptors (Lipinski definition) is 7. The second kappa shape index (κ2) is 12.4. The molecule has 42 heavy (non-hydrogen) atoms. The summed E-state index contributed by atoms with van der Waals surface area (Å²) in [5, 5.41) is 15.3. The molecule has 0 fully saturated rings. The Bertz CT molecular complexity index is 1650. The predicted molar refractivity (Wildman–Crippen MR) is 160 cm³/mol.